The molecule has 1 unspecified atom stereocenters. The first-order valence-electron chi connectivity index (χ1n) is 5.61. The molecule has 1 atom stereocenters. The molecule has 2 aromatic heterocycles. The lowest BCUT2D eigenvalue weighted by Gasteiger charge is -2.23. The predicted molar refractivity (Wildman–Crippen MR) is 61.5 cm³/mol. The number of imidazole rings is 1. The van der Waals surface area contributed by atoms with Crippen molar-refractivity contribution in [3.8, 4) is 0 Å². The molecule has 3 rings (SSSR count). The van der Waals surface area contributed by atoms with Crippen molar-refractivity contribution in [1.82, 2.24) is 19.9 Å². The Morgan fingerprint density at radius 2 is 2.44 bits per heavy atom. The number of aromatic nitrogens is 3. The fourth-order valence-electron chi connectivity index (χ4n) is 2.39. The van der Waals surface area contributed by atoms with Crippen molar-refractivity contribution in [1.29, 1.82) is 0 Å². The molecular weight excluding hydrogens is 204 g/mol. The molecule has 0 saturated carbocycles. The summed E-state index contributed by atoms with van der Waals surface area (Å²) in [5, 5.41) is 3.33. The van der Waals surface area contributed by atoms with Crippen molar-refractivity contribution in [3.05, 3.63) is 28.9 Å². The molecule has 2 N–H and O–H groups in total. The van der Waals surface area contributed by atoms with E-state index in [1.54, 1.807) is 12.4 Å². The molecule has 1 aliphatic heterocycles. The number of hydrogen-bond donors (Lipinski definition) is 2. The van der Waals surface area contributed by atoms with Crippen molar-refractivity contribution in [2.45, 2.75) is 18.9 Å². The van der Waals surface area contributed by atoms with Crippen LogP contribution in [0.4, 0.5) is 0 Å². The van der Waals surface area contributed by atoms with Gasteiger partial charge in [-0.15, -0.1) is 0 Å². The molecule has 2 aromatic rings. The SMILES string of the molecule is O=c1[nH]c2cnccc2n1C1CCCNC1. The van der Waals surface area contributed by atoms with Crippen LogP contribution in [0, 0.1) is 0 Å². The summed E-state index contributed by atoms with van der Waals surface area (Å²) < 4.78 is 1.85. The van der Waals surface area contributed by atoms with E-state index in [-0.39, 0.29) is 11.7 Å². The number of piperidine rings is 1. The Hall–Kier alpha value is -1.62. The predicted octanol–water partition coefficient (Wildman–Crippen LogP) is 0.649. The lowest BCUT2D eigenvalue weighted by atomic mass is 10.1. The summed E-state index contributed by atoms with van der Waals surface area (Å²) in [5.41, 5.74) is 1.74. The zero-order valence-electron chi connectivity index (χ0n) is 8.94. The second-order valence-electron chi connectivity index (χ2n) is 4.19. The summed E-state index contributed by atoms with van der Waals surface area (Å²) in [6.45, 7) is 1.92. The first-order valence-corrected chi connectivity index (χ1v) is 5.61. The molecule has 3 heterocycles. The number of rotatable bonds is 1. The number of fused-ring (bicyclic) bond motifs is 1. The van der Waals surface area contributed by atoms with Crippen molar-refractivity contribution in [2.24, 2.45) is 0 Å². The van der Waals surface area contributed by atoms with E-state index in [0.29, 0.717) is 0 Å². The van der Waals surface area contributed by atoms with E-state index in [4.69, 9.17) is 0 Å². The number of nitrogens with zero attached hydrogens (tertiary/aromatic N) is 2. The Bertz CT molecular complexity index is 550. The maximum atomic E-state index is 11.9. The minimum Gasteiger partial charge on any atom is -0.315 e. The fraction of sp³-hybridized carbons (Fsp3) is 0.455. The minimum atomic E-state index is -0.0308. The molecule has 0 bridgehead atoms. The third-order valence-electron chi connectivity index (χ3n) is 3.15. The zero-order chi connectivity index (χ0) is 11.0. The molecule has 0 spiro atoms. The van der Waals surface area contributed by atoms with Crippen LogP contribution < -0.4 is 11.0 Å². The number of H-pyrrole nitrogens is 1. The van der Waals surface area contributed by atoms with Gasteiger partial charge in [0.15, 0.2) is 0 Å². The maximum Gasteiger partial charge on any atom is 0.326 e. The summed E-state index contributed by atoms with van der Waals surface area (Å²) in [7, 11) is 0. The van der Waals surface area contributed by atoms with Gasteiger partial charge < -0.3 is 10.3 Å². The van der Waals surface area contributed by atoms with Gasteiger partial charge in [-0.3, -0.25) is 9.55 Å². The monoisotopic (exact) mass is 218 g/mol. The molecule has 0 aromatic carbocycles. The highest BCUT2D eigenvalue weighted by atomic mass is 16.1. The van der Waals surface area contributed by atoms with E-state index in [9.17, 15) is 4.79 Å². The highest BCUT2D eigenvalue weighted by Gasteiger charge is 2.19. The maximum absolute atomic E-state index is 11.9. The van der Waals surface area contributed by atoms with Gasteiger partial charge in [0.1, 0.15) is 0 Å². The Kier molecular flexibility index (Phi) is 2.25. The molecule has 5 heteroatoms. The Balaban J connectivity index is 2.14. The lowest BCUT2D eigenvalue weighted by molar-refractivity contribution is 0.372. The topological polar surface area (TPSA) is 62.7 Å². The molecule has 5 nitrogen and oxygen atoms in total. The average molecular weight is 218 g/mol. The fourth-order valence-corrected chi connectivity index (χ4v) is 2.39. The van der Waals surface area contributed by atoms with Crippen LogP contribution in [0.1, 0.15) is 18.9 Å². The van der Waals surface area contributed by atoms with Gasteiger partial charge in [-0.1, -0.05) is 0 Å². The summed E-state index contributed by atoms with van der Waals surface area (Å²) in [6, 6.07) is 2.15. The number of aromatic amines is 1. The largest absolute Gasteiger partial charge is 0.326 e. The van der Waals surface area contributed by atoms with Gasteiger partial charge in [0.2, 0.25) is 0 Å². The second-order valence-corrected chi connectivity index (χ2v) is 4.19. The molecule has 0 aliphatic carbocycles. The quantitative estimate of drug-likeness (QED) is 0.738. The van der Waals surface area contributed by atoms with Crippen LogP contribution in [0.25, 0.3) is 11.0 Å². The Morgan fingerprint density at radius 3 is 3.25 bits per heavy atom. The molecule has 1 saturated heterocycles. The van der Waals surface area contributed by atoms with Gasteiger partial charge in [-0.05, 0) is 25.5 Å². The molecule has 1 fully saturated rings. The number of hydrogen-bond acceptors (Lipinski definition) is 3. The Morgan fingerprint density at radius 1 is 1.50 bits per heavy atom. The van der Waals surface area contributed by atoms with Crippen molar-refractivity contribution in [2.75, 3.05) is 13.1 Å². The third kappa shape index (κ3) is 1.44. The van der Waals surface area contributed by atoms with Crippen LogP contribution >= 0.6 is 0 Å². The van der Waals surface area contributed by atoms with Gasteiger partial charge in [0, 0.05) is 12.7 Å². The first-order chi connectivity index (χ1) is 7.86. The summed E-state index contributed by atoms with van der Waals surface area (Å²) in [6.07, 6.45) is 5.60. The van der Waals surface area contributed by atoms with E-state index < -0.39 is 0 Å². The average Bonchev–Trinajstić information content (AvgIpc) is 2.66. The van der Waals surface area contributed by atoms with Crippen LogP contribution in [0.3, 0.4) is 0 Å². The molecule has 0 radical (unpaired) electrons. The van der Waals surface area contributed by atoms with Crippen LogP contribution in [0.15, 0.2) is 23.3 Å². The van der Waals surface area contributed by atoms with Crippen LogP contribution in [0.5, 0.6) is 0 Å². The van der Waals surface area contributed by atoms with Crippen LogP contribution in [-0.4, -0.2) is 27.6 Å². The summed E-state index contributed by atoms with van der Waals surface area (Å²) in [5.74, 6) is 0. The molecule has 16 heavy (non-hydrogen) atoms. The first kappa shape index (κ1) is 9.59. The van der Waals surface area contributed by atoms with Crippen molar-refractivity contribution in [3.63, 3.8) is 0 Å². The van der Waals surface area contributed by atoms with Crippen molar-refractivity contribution >= 4 is 11.0 Å². The standard InChI is InChI=1S/C11H14N4O/c16-11-14-9-7-13-5-3-10(9)15(11)8-2-1-4-12-6-8/h3,5,7-8,12H,1-2,4,6H2,(H,14,16). The van der Waals surface area contributed by atoms with Crippen molar-refractivity contribution < 1.29 is 0 Å². The summed E-state index contributed by atoms with van der Waals surface area (Å²) in [4.78, 5) is 18.7. The molecule has 1 aliphatic rings. The smallest absolute Gasteiger partial charge is 0.315 e. The third-order valence-corrected chi connectivity index (χ3v) is 3.15. The molecular formula is C11H14N4O. The highest BCUT2D eigenvalue weighted by Crippen LogP contribution is 2.19. The van der Waals surface area contributed by atoms with Crippen LogP contribution in [-0.2, 0) is 0 Å². The van der Waals surface area contributed by atoms with Gasteiger partial charge in [0.25, 0.3) is 0 Å². The zero-order valence-corrected chi connectivity index (χ0v) is 8.94. The molecule has 84 valence electrons. The normalized spacial score (nSPS) is 21.4. The molecule has 0 amide bonds. The lowest BCUT2D eigenvalue weighted by Crippen LogP contribution is -2.35. The van der Waals surface area contributed by atoms with E-state index in [1.165, 1.54) is 0 Å². The van der Waals surface area contributed by atoms with Crippen LogP contribution in [0.2, 0.25) is 0 Å². The van der Waals surface area contributed by atoms with Gasteiger partial charge in [-0.2, -0.15) is 0 Å². The number of nitrogens with one attached hydrogen (secondary N) is 2. The van der Waals surface area contributed by atoms with Gasteiger partial charge >= 0.3 is 5.69 Å². The second kappa shape index (κ2) is 3.75. The van der Waals surface area contributed by atoms with E-state index >= 15 is 0 Å². The van der Waals surface area contributed by atoms with E-state index in [2.05, 4.69) is 15.3 Å². The van der Waals surface area contributed by atoms with E-state index in [1.807, 2.05) is 10.6 Å². The number of pyridine rings is 1. The van der Waals surface area contributed by atoms with E-state index in [0.717, 1.165) is 37.0 Å². The highest BCUT2D eigenvalue weighted by molar-refractivity contribution is 5.73. The van der Waals surface area contributed by atoms with Gasteiger partial charge in [-0.25, -0.2) is 4.79 Å². The van der Waals surface area contributed by atoms with Gasteiger partial charge in [0.05, 0.1) is 23.3 Å². The summed E-state index contributed by atoms with van der Waals surface area (Å²) >= 11 is 0. The Labute approximate surface area is 92.5 Å². The minimum absolute atomic E-state index is 0.0308.